The molecule has 0 spiro atoms. The van der Waals surface area contributed by atoms with Crippen molar-refractivity contribution in [2.45, 2.75) is 0 Å². The van der Waals surface area contributed by atoms with E-state index in [1.54, 1.807) is 48.5 Å². The first-order chi connectivity index (χ1) is 16.7. The number of ether oxygens (including phenoxy) is 2. The molecule has 0 saturated carbocycles. The molecular formula is C24H15Cl2N3O6. The number of hydrogen-bond donors (Lipinski definition) is 1. The van der Waals surface area contributed by atoms with Gasteiger partial charge in [0.05, 0.1) is 33.3 Å². The number of carbonyl (C=O) groups excluding carboxylic acids is 2. The average Bonchev–Trinajstić information content (AvgIpc) is 2.84. The number of anilines is 1. The van der Waals surface area contributed by atoms with Gasteiger partial charge in [-0.1, -0.05) is 35.3 Å². The van der Waals surface area contributed by atoms with E-state index in [0.29, 0.717) is 16.9 Å². The largest absolute Gasteiger partial charge is 0.497 e. The van der Waals surface area contributed by atoms with Gasteiger partial charge in [0.25, 0.3) is 11.6 Å². The topological polar surface area (TPSA) is 132 Å². The summed E-state index contributed by atoms with van der Waals surface area (Å²) in [6.45, 7) is 0. The van der Waals surface area contributed by atoms with Gasteiger partial charge in [0.15, 0.2) is 0 Å². The van der Waals surface area contributed by atoms with E-state index in [4.69, 9.17) is 32.7 Å². The first-order valence-corrected chi connectivity index (χ1v) is 10.5. The van der Waals surface area contributed by atoms with Gasteiger partial charge in [-0.05, 0) is 48.0 Å². The number of nitrogens with one attached hydrogen (secondary N) is 1. The molecule has 0 bridgehead atoms. The van der Waals surface area contributed by atoms with Crippen LogP contribution in [0.2, 0.25) is 10.0 Å². The molecule has 0 unspecified atom stereocenters. The number of halogens is 2. The van der Waals surface area contributed by atoms with Crippen molar-refractivity contribution in [3.8, 4) is 17.6 Å². The van der Waals surface area contributed by atoms with E-state index in [1.807, 2.05) is 0 Å². The number of nitro benzene ring substituents is 1. The van der Waals surface area contributed by atoms with Crippen LogP contribution in [0.25, 0.3) is 6.08 Å². The molecule has 0 aliphatic heterocycles. The highest BCUT2D eigenvalue weighted by Crippen LogP contribution is 2.35. The summed E-state index contributed by atoms with van der Waals surface area (Å²) in [6.07, 6.45) is 1.27. The molecule has 0 aliphatic carbocycles. The standard InChI is InChI=1S/C24H15Cl2N3O6/c1-34-18-7-5-15(6-8-18)24(31)35-19-4-2-3-14(10-19)9-16(13-27)23(30)28-22-20(25)11-17(29(32)33)12-21(22)26/h2-12H,1H3,(H,28,30)/b16-9+. The second kappa shape index (κ2) is 11.2. The van der Waals surface area contributed by atoms with Gasteiger partial charge in [-0.25, -0.2) is 4.79 Å². The Morgan fingerprint density at radius 1 is 1.06 bits per heavy atom. The maximum absolute atomic E-state index is 12.6. The summed E-state index contributed by atoms with van der Waals surface area (Å²) < 4.78 is 10.4. The van der Waals surface area contributed by atoms with Crippen molar-refractivity contribution in [1.82, 2.24) is 0 Å². The van der Waals surface area contributed by atoms with Gasteiger partial charge in [0.2, 0.25) is 0 Å². The average molecular weight is 512 g/mol. The molecule has 3 rings (SSSR count). The molecule has 0 heterocycles. The lowest BCUT2D eigenvalue weighted by Gasteiger charge is -2.09. The molecule has 1 N–H and O–H groups in total. The Bertz CT molecular complexity index is 1360. The van der Waals surface area contributed by atoms with Crippen LogP contribution in [0.5, 0.6) is 11.5 Å². The van der Waals surface area contributed by atoms with Gasteiger partial charge in [-0.15, -0.1) is 0 Å². The normalized spacial score (nSPS) is 10.7. The predicted molar refractivity (Wildman–Crippen MR) is 130 cm³/mol. The van der Waals surface area contributed by atoms with E-state index in [-0.39, 0.29) is 32.7 Å². The van der Waals surface area contributed by atoms with Crippen molar-refractivity contribution >= 4 is 52.5 Å². The quantitative estimate of drug-likeness (QED) is 0.108. The van der Waals surface area contributed by atoms with E-state index in [9.17, 15) is 25.0 Å². The molecule has 35 heavy (non-hydrogen) atoms. The highest BCUT2D eigenvalue weighted by molar-refractivity contribution is 6.40. The van der Waals surface area contributed by atoms with Crippen LogP contribution in [0.4, 0.5) is 11.4 Å². The second-order valence-corrected chi connectivity index (χ2v) is 7.67. The lowest BCUT2D eigenvalue weighted by Crippen LogP contribution is -2.14. The lowest BCUT2D eigenvalue weighted by atomic mass is 10.1. The van der Waals surface area contributed by atoms with Gasteiger partial charge in [-0.2, -0.15) is 5.26 Å². The summed E-state index contributed by atoms with van der Waals surface area (Å²) in [5.74, 6) is -0.661. The van der Waals surface area contributed by atoms with Crippen molar-refractivity contribution in [1.29, 1.82) is 5.26 Å². The molecule has 0 saturated heterocycles. The minimum absolute atomic E-state index is 0.0766. The maximum Gasteiger partial charge on any atom is 0.343 e. The molecule has 0 fully saturated rings. The lowest BCUT2D eigenvalue weighted by molar-refractivity contribution is -0.384. The summed E-state index contributed by atoms with van der Waals surface area (Å²) in [6, 6.07) is 16.4. The highest BCUT2D eigenvalue weighted by Gasteiger charge is 2.18. The van der Waals surface area contributed by atoms with Gasteiger partial charge in [0.1, 0.15) is 23.1 Å². The number of amides is 1. The zero-order valence-corrected chi connectivity index (χ0v) is 19.5. The Balaban J connectivity index is 1.78. The SMILES string of the molecule is COc1ccc(C(=O)Oc2cccc(/C=C(\C#N)C(=O)Nc3c(Cl)cc([N+](=O)[O-])cc3Cl)c2)cc1. The van der Waals surface area contributed by atoms with Gasteiger partial charge in [0, 0.05) is 12.1 Å². The van der Waals surface area contributed by atoms with Crippen molar-refractivity contribution in [3.05, 3.63) is 97.5 Å². The van der Waals surface area contributed by atoms with Crippen LogP contribution in [0.3, 0.4) is 0 Å². The number of rotatable bonds is 7. The Kier molecular flexibility index (Phi) is 8.04. The van der Waals surface area contributed by atoms with Crippen LogP contribution in [-0.2, 0) is 4.79 Å². The number of hydrogen-bond acceptors (Lipinski definition) is 7. The summed E-state index contributed by atoms with van der Waals surface area (Å²) in [7, 11) is 1.51. The number of esters is 1. The monoisotopic (exact) mass is 511 g/mol. The van der Waals surface area contributed by atoms with Gasteiger partial charge >= 0.3 is 5.97 Å². The van der Waals surface area contributed by atoms with E-state index in [2.05, 4.69) is 5.32 Å². The predicted octanol–water partition coefficient (Wildman–Crippen LogP) is 5.68. The number of nitriles is 1. The maximum atomic E-state index is 12.6. The summed E-state index contributed by atoms with van der Waals surface area (Å²) in [4.78, 5) is 35.2. The van der Waals surface area contributed by atoms with Crippen LogP contribution < -0.4 is 14.8 Å². The first kappa shape index (κ1) is 25.2. The summed E-state index contributed by atoms with van der Waals surface area (Å²) in [5, 5.41) is 22.4. The van der Waals surface area contributed by atoms with Crippen molar-refractivity contribution in [2.24, 2.45) is 0 Å². The Morgan fingerprint density at radius 2 is 1.71 bits per heavy atom. The third-order valence-electron chi connectivity index (χ3n) is 4.55. The third-order valence-corrected chi connectivity index (χ3v) is 5.14. The van der Waals surface area contributed by atoms with Crippen molar-refractivity contribution in [3.63, 3.8) is 0 Å². The molecular weight excluding hydrogens is 497 g/mol. The number of non-ortho nitro benzene ring substituents is 1. The Hall–Kier alpha value is -4.39. The molecule has 0 radical (unpaired) electrons. The molecule has 11 heteroatoms. The minimum Gasteiger partial charge on any atom is -0.497 e. The van der Waals surface area contributed by atoms with Crippen LogP contribution in [0, 0.1) is 21.4 Å². The van der Waals surface area contributed by atoms with Crippen molar-refractivity contribution < 1.29 is 24.0 Å². The molecule has 176 valence electrons. The minimum atomic E-state index is -0.842. The zero-order valence-electron chi connectivity index (χ0n) is 18.0. The van der Waals surface area contributed by atoms with Crippen LogP contribution in [-0.4, -0.2) is 23.9 Å². The van der Waals surface area contributed by atoms with Gasteiger partial charge in [-0.3, -0.25) is 14.9 Å². The third kappa shape index (κ3) is 6.35. The highest BCUT2D eigenvalue weighted by atomic mass is 35.5. The number of nitrogens with zero attached hydrogens (tertiary/aromatic N) is 2. The van der Waals surface area contributed by atoms with E-state index in [0.717, 1.165) is 12.1 Å². The Labute approximate surface area is 209 Å². The van der Waals surface area contributed by atoms with Gasteiger partial charge < -0.3 is 14.8 Å². The smallest absolute Gasteiger partial charge is 0.343 e. The Morgan fingerprint density at radius 3 is 2.29 bits per heavy atom. The number of benzene rings is 3. The van der Waals surface area contributed by atoms with E-state index < -0.39 is 16.8 Å². The molecule has 0 atom stereocenters. The number of methoxy groups -OCH3 is 1. The molecule has 1 amide bonds. The molecule has 3 aromatic carbocycles. The van der Waals surface area contributed by atoms with E-state index in [1.165, 1.54) is 19.3 Å². The summed E-state index contributed by atoms with van der Waals surface area (Å²) in [5.41, 5.74) is -0.0326. The summed E-state index contributed by atoms with van der Waals surface area (Å²) >= 11 is 12.0. The van der Waals surface area contributed by atoms with Crippen LogP contribution >= 0.6 is 23.2 Å². The first-order valence-electron chi connectivity index (χ1n) is 9.74. The van der Waals surface area contributed by atoms with Crippen LogP contribution in [0.1, 0.15) is 15.9 Å². The van der Waals surface area contributed by atoms with Crippen molar-refractivity contribution in [2.75, 3.05) is 12.4 Å². The fourth-order valence-corrected chi connectivity index (χ4v) is 3.41. The molecule has 0 aromatic heterocycles. The number of nitro groups is 1. The fraction of sp³-hybridized carbons (Fsp3) is 0.0417. The van der Waals surface area contributed by atoms with Crippen LogP contribution in [0.15, 0.2) is 66.2 Å². The fourth-order valence-electron chi connectivity index (χ4n) is 2.84. The zero-order chi connectivity index (χ0) is 25.5. The second-order valence-electron chi connectivity index (χ2n) is 6.86. The number of carbonyl (C=O) groups is 2. The molecule has 3 aromatic rings. The van der Waals surface area contributed by atoms with E-state index >= 15 is 0 Å². The molecule has 9 nitrogen and oxygen atoms in total. The molecule has 0 aliphatic rings.